The zero-order valence-electron chi connectivity index (χ0n) is 18.6. The Morgan fingerprint density at radius 2 is 1.14 bits per heavy atom. The third-order valence-corrected chi connectivity index (χ3v) is 6.66. The molecular weight excluding hydrogens is 372 g/mol. The van der Waals surface area contributed by atoms with Crippen molar-refractivity contribution in [2.45, 2.75) is 115 Å². The number of thioether (sulfide) groups is 1. The molecule has 1 rings (SSSR count). The van der Waals surface area contributed by atoms with Crippen molar-refractivity contribution in [3.8, 4) is 12.1 Å². The molecule has 0 amide bonds. The van der Waals surface area contributed by atoms with Crippen LogP contribution < -0.4 is 0 Å². The molecule has 0 aromatic heterocycles. The first-order valence-electron chi connectivity index (χ1n) is 11.9. The zero-order valence-corrected chi connectivity index (χ0v) is 19.4. The van der Waals surface area contributed by atoms with Crippen molar-refractivity contribution in [1.82, 2.24) is 0 Å². The van der Waals surface area contributed by atoms with Crippen molar-refractivity contribution < 1.29 is 0 Å². The zero-order chi connectivity index (χ0) is 21.0. The Labute approximate surface area is 184 Å². The van der Waals surface area contributed by atoms with Crippen LogP contribution in [-0.2, 0) is 0 Å². The quantitative estimate of drug-likeness (QED) is 0.179. The number of rotatable bonds is 18. The van der Waals surface area contributed by atoms with Crippen LogP contribution in [0.3, 0.4) is 0 Å². The van der Waals surface area contributed by atoms with E-state index in [-0.39, 0.29) is 0 Å². The number of benzene rings is 1. The molecule has 1 aromatic rings. The van der Waals surface area contributed by atoms with Gasteiger partial charge in [0, 0.05) is 4.90 Å². The number of nitrogens with zero attached hydrogens (tertiary/aromatic N) is 2. The van der Waals surface area contributed by atoms with E-state index in [4.69, 9.17) is 5.26 Å². The molecule has 0 N–H and O–H groups in total. The molecule has 29 heavy (non-hydrogen) atoms. The molecule has 0 spiro atoms. The highest BCUT2D eigenvalue weighted by atomic mass is 32.2. The maximum absolute atomic E-state index is 9.26. The summed E-state index contributed by atoms with van der Waals surface area (Å²) in [5.74, 6) is 1.03. The highest BCUT2D eigenvalue weighted by molar-refractivity contribution is 7.99. The van der Waals surface area contributed by atoms with Crippen molar-refractivity contribution in [3.05, 3.63) is 29.3 Å². The van der Waals surface area contributed by atoms with E-state index < -0.39 is 0 Å². The molecule has 0 aliphatic rings. The number of hydrogen-bond acceptors (Lipinski definition) is 3. The van der Waals surface area contributed by atoms with Gasteiger partial charge in [-0.15, -0.1) is 11.8 Å². The standard InChI is InChI=1S/C26H40N2S/c1-2-3-4-5-6-7-8-9-10-11-12-13-14-15-16-17-21-29-26-20-18-19-24(22-27)25(26)23-28/h18-20H,2-17,21H2,1H3. The van der Waals surface area contributed by atoms with E-state index in [1.54, 1.807) is 17.8 Å². The number of nitriles is 2. The number of unbranched alkanes of at least 4 members (excludes halogenated alkanes) is 15. The van der Waals surface area contributed by atoms with Crippen LogP contribution in [0.25, 0.3) is 0 Å². The molecule has 0 bridgehead atoms. The molecule has 0 radical (unpaired) electrons. The SMILES string of the molecule is CCCCCCCCCCCCCCCCCCSc1cccc(C#N)c1C#N. The van der Waals surface area contributed by atoms with E-state index in [0.29, 0.717) is 11.1 Å². The first-order valence-corrected chi connectivity index (χ1v) is 12.9. The third kappa shape index (κ3) is 12.7. The fourth-order valence-corrected chi connectivity index (χ4v) is 4.74. The van der Waals surface area contributed by atoms with Crippen LogP contribution in [0.1, 0.15) is 121 Å². The second-order valence-electron chi connectivity index (χ2n) is 8.05. The molecule has 160 valence electrons. The molecule has 0 aliphatic heterocycles. The summed E-state index contributed by atoms with van der Waals surface area (Å²) in [6.45, 7) is 2.28. The Morgan fingerprint density at radius 1 is 0.655 bits per heavy atom. The van der Waals surface area contributed by atoms with Crippen molar-refractivity contribution >= 4 is 11.8 Å². The average Bonchev–Trinajstić information content (AvgIpc) is 2.75. The predicted molar refractivity (Wildman–Crippen MR) is 126 cm³/mol. The maximum Gasteiger partial charge on any atom is 0.102 e. The molecule has 3 heteroatoms. The van der Waals surface area contributed by atoms with Gasteiger partial charge in [-0.1, -0.05) is 109 Å². The van der Waals surface area contributed by atoms with Crippen LogP contribution in [0.2, 0.25) is 0 Å². The molecule has 0 unspecified atom stereocenters. The van der Waals surface area contributed by atoms with Crippen LogP contribution >= 0.6 is 11.8 Å². The molecule has 0 aliphatic carbocycles. The molecule has 0 saturated carbocycles. The molecule has 0 atom stereocenters. The van der Waals surface area contributed by atoms with E-state index in [1.165, 1.54) is 103 Å². The summed E-state index contributed by atoms with van der Waals surface area (Å²) in [7, 11) is 0. The van der Waals surface area contributed by atoms with Crippen LogP contribution in [0.5, 0.6) is 0 Å². The normalized spacial score (nSPS) is 10.6. The van der Waals surface area contributed by atoms with E-state index in [9.17, 15) is 5.26 Å². The van der Waals surface area contributed by atoms with Gasteiger partial charge in [0.05, 0.1) is 11.1 Å². The number of hydrogen-bond donors (Lipinski definition) is 0. The highest BCUT2D eigenvalue weighted by Crippen LogP contribution is 2.26. The lowest BCUT2D eigenvalue weighted by Crippen LogP contribution is -1.89. The summed E-state index contributed by atoms with van der Waals surface area (Å²) in [5, 5.41) is 18.3. The molecule has 0 fully saturated rings. The Balaban J connectivity index is 1.89. The minimum Gasteiger partial charge on any atom is -0.192 e. The summed E-state index contributed by atoms with van der Waals surface area (Å²) in [4.78, 5) is 0.951. The second-order valence-corrected chi connectivity index (χ2v) is 9.19. The first-order chi connectivity index (χ1) is 14.3. The van der Waals surface area contributed by atoms with Crippen molar-refractivity contribution in [2.24, 2.45) is 0 Å². The Morgan fingerprint density at radius 3 is 1.59 bits per heavy atom. The third-order valence-electron chi connectivity index (χ3n) is 5.51. The Hall–Kier alpha value is -1.45. The summed E-state index contributed by atoms with van der Waals surface area (Å²) in [6.07, 6.45) is 22.2. The van der Waals surface area contributed by atoms with E-state index in [2.05, 4.69) is 19.1 Å². The average molecular weight is 413 g/mol. The lowest BCUT2D eigenvalue weighted by molar-refractivity contribution is 0.531. The van der Waals surface area contributed by atoms with Gasteiger partial charge in [0.25, 0.3) is 0 Å². The maximum atomic E-state index is 9.26. The molecule has 0 saturated heterocycles. The van der Waals surface area contributed by atoms with Gasteiger partial charge in [-0.05, 0) is 24.3 Å². The molecular formula is C26H40N2S. The van der Waals surface area contributed by atoms with Gasteiger partial charge in [-0.3, -0.25) is 0 Å². The topological polar surface area (TPSA) is 47.6 Å². The first kappa shape index (κ1) is 25.6. The van der Waals surface area contributed by atoms with E-state index >= 15 is 0 Å². The smallest absolute Gasteiger partial charge is 0.102 e. The lowest BCUT2D eigenvalue weighted by atomic mass is 10.0. The van der Waals surface area contributed by atoms with Crippen molar-refractivity contribution in [2.75, 3.05) is 5.75 Å². The largest absolute Gasteiger partial charge is 0.192 e. The molecule has 1 aromatic carbocycles. The van der Waals surface area contributed by atoms with Crippen molar-refractivity contribution in [1.29, 1.82) is 10.5 Å². The van der Waals surface area contributed by atoms with Gasteiger partial charge in [0.1, 0.15) is 12.1 Å². The summed E-state index contributed by atoms with van der Waals surface area (Å²) in [5.41, 5.74) is 1.03. The Kier molecular flexibility index (Phi) is 16.4. The fourth-order valence-electron chi connectivity index (χ4n) is 3.69. The van der Waals surface area contributed by atoms with Crippen molar-refractivity contribution in [3.63, 3.8) is 0 Å². The summed E-state index contributed by atoms with van der Waals surface area (Å²) < 4.78 is 0. The van der Waals surface area contributed by atoms with E-state index in [1.807, 2.05) is 12.1 Å². The van der Waals surface area contributed by atoms with Gasteiger partial charge in [-0.2, -0.15) is 10.5 Å². The predicted octanol–water partition coefficient (Wildman–Crippen LogP) is 8.78. The van der Waals surface area contributed by atoms with Crippen LogP contribution in [0.4, 0.5) is 0 Å². The minimum atomic E-state index is 0.490. The lowest BCUT2D eigenvalue weighted by Gasteiger charge is -2.05. The van der Waals surface area contributed by atoms with Gasteiger partial charge < -0.3 is 0 Å². The van der Waals surface area contributed by atoms with Gasteiger partial charge in [0.2, 0.25) is 0 Å². The minimum absolute atomic E-state index is 0.490. The van der Waals surface area contributed by atoms with Crippen LogP contribution in [-0.4, -0.2) is 5.75 Å². The van der Waals surface area contributed by atoms with E-state index in [0.717, 1.165) is 10.6 Å². The molecule has 2 nitrogen and oxygen atoms in total. The summed E-state index contributed by atoms with van der Waals surface area (Å²) >= 11 is 1.71. The Bertz CT molecular complexity index is 612. The van der Waals surface area contributed by atoms with Gasteiger partial charge in [-0.25, -0.2) is 0 Å². The van der Waals surface area contributed by atoms with Gasteiger partial charge in [0.15, 0.2) is 0 Å². The summed E-state index contributed by atoms with van der Waals surface area (Å²) in [6, 6.07) is 9.83. The molecule has 0 heterocycles. The van der Waals surface area contributed by atoms with Crippen LogP contribution in [0.15, 0.2) is 23.1 Å². The fraction of sp³-hybridized carbons (Fsp3) is 0.692. The second kappa shape index (κ2) is 18.6. The highest BCUT2D eigenvalue weighted by Gasteiger charge is 2.07. The monoisotopic (exact) mass is 412 g/mol. The van der Waals surface area contributed by atoms with Gasteiger partial charge >= 0.3 is 0 Å². The van der Waals surface area contributed by atoms with Crippen LogP contribution in [0, 0.1) is 22.7 Å².